The average molecular weight is 282 g/mol. The summed E-state index contributed by atoms with van der Waals surface area (Å²) < 4.78 is 2.24. The maximum absolute atomic E-state index is 5.52. The molecule has 110 valence electrons. The second-order valence-corrected chi connectivity index (χ2v) is 5.40. The average Bonchev–Trinajstić information content (AvgIpc) is 2.82. The van der Waals surface area contributed by atoms with Crippen molar-refractivity contribution in [1.82, 2.24) is 14.9 Å². The van der Waals surface area contributed by atoms with Gasteiger partial charge in [-0.15, -0.1) is 0 Å². The minimum absolute atomic E-state index is 0.763. The molecule has 3 rings (SSSR count). The van der Waals surface area contributed by atoms with E-state index in [0.717, 1.165) is 38.2 Å². The first-order valence-electron chi connectivity index (χ1n) is 7.54. The van der Waals surface area contributed by atoms with Gasteiger partial charge in [0.2, 0.25) is 0 Å². The van der Waals surface area contributed by atoms with E-state index in [4.69, 9.17) is 5.73 Å². The van der Waals surface area contributed by atoms with Gasteiger partial charge in [-0.25, -0.2) is 0 Å². The Labute approximate surface area is 125 Å². The third-order valence-electron chi connectivity index (χ3n) is 3.99. The van der Waals surface area contributed by atoms with Crippen molar-refractivity contribution in [3.63, 3.8) is 0 Å². The van der Waals surface area contributed by atoms with Gasteiger partial charge in [-0.2, -0.15) is 0 Å². The fraction of sp³-hybridized carbons (Fsp3) is 0.353. The number of rotatable bonds is 6. The Balaban J connectivity index is 1.92. The van der Waals surface area contributed by atoms with Crippen molar-refractivity contribution in [2.75, 3.05) is 13.1 Å². The minimum Gasteiger partial charge on any atom is -0.342 e. The molecular formula is C17H22N4. The van der Waals surface area contributed by atoms with Crippen LogP contribution >= 0.6 is 0 Å². The number of hydrogen-bond acceptors (Lipinski definition) is 3. The van der Waals surface area contributed by atoms with Gasteiger partial charge in [-0.05, 0) is 38.1 Å². The smallest absolute Gasteiger partial charge is 0.0784 e. The third-order valence-corrected chi connectivity index (χ3v) is 3.99. The number of fused-ring (bicyclic) bond motifs is 3. The second kappa shape index (κ2) is 6.24. The molecule has 0 aliphatic rings. The van der Waals surface area contributed by atoms with Crippen LogP contribution in [0.1, 0.15) is 18.5 Å². The minimum atomic E-state index is 0.763. The Bertz CT molecular complexity index is 745. The lowest BCUT2D eigenvalue weighted by atomic mass is 10.1. The van der Waals surface area contributed by atoms with E-state index in [1.807, 2.05) is 6.20 Å². The summed E-state index contributed by atoms with van der Waals surface area (Å²) in [5.74, 6) is 0. The second-order valence-electron chi connectivity index (χ2n) is 5.40. The number of para-hydroxylation sites is 1. The third kappa shape index (κ3) is 2.64. The molecule has 0 unspecified atom stereocenters. The number of nitrogens with one attached hydrogen (secondary N) is 1. The van der Waals surface area contributed by atoms with Gasteiger partial charge in [-0.3, -0.25) is 4.98 Å². The van der Waals surface area contributed by atoms with Gasteiger partial charge < -0.3 is 15.6 Å². The molecule has 1 aromatic carbocycles. The van der Waals surface area contributed by atoms with Crippen LogP contribution < -0.4 is 11.1 Å². The lowest BCUT2D eigenvalue weighted by Gasteiger charge is -2.07. The number of hydrogen-bond donors (Lipinski definition) is 2. The summed E-state index contributed by atoms with van der Waals surface area (Å²) in [5, 5.41) is 6.04. The number of aryl methyl sites for hydroxylation is 1. The number of nitrogens with two attached hydrogens (primary N) is 1. The Morgan fingerprint density at radius 1 is 1.14 bits per heavy atom. The van der Waals surface area contributed by atoms with Crippen LogP contribution in [-0.2, 0) is 13.6 Å². The molecule has 0 aliphatic carbocycles. The number of pyridine rings is 1. The molecule has 2 heterocycles. The van der Waals surface area contributed by atoms with Crippen molar-refractivity contribution in [3.05, 3.63) is 42.2 Å². The highest BCUT2D eigenvalue weighted by atomic mass is 15.0. The monoisotopic (exact) mass is 282 g/mol. The fourth-order valence-electron chi connectivity index (χ4n) is 2.93. The van der Waals surface area contributed by atoms with Crippen LogP contribution in [0.15, 0.2) is 36.5 Å². The fourth-order valence-corrected chi connectivity index (χ4v) is 2.93. The molecule has 2 aromatic heterocycles. The van der Waals surface area contributed by atoms with E-state index < -0.39 is 0 Å². The zero-order chi connectivity index (χ0) is 14.7. The number of benzene rings is 1. The van der Waals surface area contributed by atoms with E-state index in [1.54, 1.807) is 0 Å². The quantitative estimate of drug-likeness (QED) is 0.683. The molecule has 0 bridgehead atoms. The normalized spacial score (nSPS) is 11.5. The predicted octanol–water partition coefficient (Wildman–Crippen LogP) is 2.55. The van der Waals surface area contributed by atoms with Gasteiger partial charge in [0.15, 0.2) is 0 Å². The number of nitrogens with zero attached hydrogens (tertiary/aromatic N) is 2. The molecule has 0 fully saturated rings. The Morgan fingerprint density at radius 2 is 2.00 bits per heavy atom. The van der Waals surface area contributed by atoms with Crippen LogP contribution in [0.2, 0.25) is 0 Å². The molecule has 0 saturated heterocycles. The summed E-state index contributed by atoms with van der Waals surface area (Å²) >= 11 is 0. The van der Waals surface area contributed by atoms with E-state index in [0.29, 0.717) is 0 Å². The molecule has 4 heteroatoms. The molecule has 0 atom stereocenters. The maximum Gasteiger partial charge on any atom is 0.0784 e. The van der Waals surface area contributed by atoms with Gasteiger partial charge >= 0.3 is 0 Å². The molecule has 21 heavy (non-hydrogen) atoms. The van der Waals surface area contributed by atoms with Gasteiger partial charge in [0, 0.05) is 36.1 Å². The summed E-state index contributed by atoms with van der Waals surface area (Å²) in [6.07, 6.45) is 4.09. The highest BCUT2D eigenvalue weighted by molar-refractivity contribution is 6.08. The number of aromatic nitrogens is 2. The van der Waals surface area contributed by atoms with Crippen LogP contribution in [0, 0.1) is 0 Å². The highest BCUT2D eigenvalue weighted by Crippen LogP contribution is 2.28. The highest BCUT2D eigenvalue weighted by Gasteiger charge is 2.11. The number of unbranched alkanes of at least 4 members (excludes halogenated alkanes) is 1. The van der Waals surface area contributed by atoms with Gasteiger partial charge in [0.1, 0.15) is 0 Å². The molecule has 0 radical (unpaired) electrons. The van der Waals surface area contributed by atoms with Crippen LogP contribution in [-0.4, -0.2) is 22.6 Å². The summed E-state index contributed by atoms with van der Waals surface area (Å²) in [5.41, 5.74) is 9.11. The molecule has 0 spiro atoms. The van der Waals surface area contributed by atoms with Crippen LogP contribution in [0.4, 0.5) is 0 Å². The molecule has 0 amide bonds. The first-order chi connectivity index (χ1) is 10.3. The Kier molecular flexibility index (Phi) is 4.18. The van der Waals surface area contributed by atoms with Crippen LogP contribution in [0.3, 0.4) is 0 Å². The zero-order valence-electron chi connectivity index (χ0n) is 12.5. The van der Waals surface area contributed by atoms with Gasteiger partial charge in [0.25, 0.3) is 0 Å². The SMILES string of the molecule is Cn1c2ccccc2c2ccnc(CNCCCCN)c21. The molecule has 3 aromatic rings. The maximum atomic E-state index is 5.52. The van der Waals surface area contributed by atoms with E-state index in [-0.39, 0.29) is 0 Å². The lowest BCUT2D eigenvalue weighted by Crippen LogP contribution is -2.17. The van der Waals surface area contributed by atoms with Crippen molar-refractivity contribution < 1.29 is 0 Å². The lowest BCUT2D eigenvalue weighted by molar-refractivity contribution is 0.621. The van der Waals surface area contributed by atoms with E-state index in [2.05, 4.69) is 52.2 Å². The van der Waals surface area contributed by atoms with Gasteiger partial charge in [-0.1, -0.05) is 18.2 Å². The summed E-state index contributed by atoms with van der Waals surface area (Å²) in [6, 6.07) is 10.6. The van der Waals surface area contributed by atoms with Crippen molar-refractivity contribution >= 4 is 21.8 Å². The van der Waals surface area contributed by atoms with Crippen LogP contribution in [0.25, 0.3) is 21.8 Å². The first kappa shape index (κ1) is 14.0. The van der Waals surface area contributed by atoms with Crippen molar-refractivity contribution in [1.29, 1.82) is 0 Å². The first-order valence-corrected chi connectivity index (χ1v) is 7.54. The van der Waals surface area contributed by atoms with E-state index in [9.17, 15) is 0 Å². The predicted molar refractivity (Wildman–Crippen MR) is 88.2 cm³/mol. The molecule has 0 saturated carbocycles. The molecule has 4 nitrogen and oxygen atoms in total. The summed E-state index contributed by atoms with van der Waals surface area (Å²) in [7, 11) is 2.12. The summed E-state index contributed by atoms with van der Waals surface area (Å²) in [6.45, 7) is 2.55. The largest absolute Gasteiger partial charge is 0.342 e. The van der Waals surface area contributed by atoms with Gasteiger partial charge in [0.05, 0.1) is 11.2 Å². The van der Waals surface area contributed by atoms with Crippen molar-refractivity contribution in [3.8, 4) is 0 Å². The van der Waals surface area contributed by atoms with Crippen LogP contribution in [0.5, 0.6) is 0 Å². The zero-order valence-corrected chi connectivity index (χ0v) is 12.5. The Hall–Kier alpha value is -1.91. The van der Waals surface area contributed by atoms with Crippen molar-refractivity contribution in [2.45, 2.75) is 19.4 Å². The molecular weight excluding hydrogens is 260 g/mol. The van der Waals surface area contributed by atoms with E-state index >= 15 is 0 Å². The van der Waals surface area contributed by atoms with E-state index in [1.165, 1.54) is 21.8 Å². The van der Waals surface area contributed by atoms with Crippen molar-refractivity contribution in [2.24, 2.45) is 12.8 Å². The standard InChI is InChI=1S/C17H22N4/c1-21-16-7-3-2-6-13(16)14-8-11-20-15(17(14)21)12-19-10-5-4-9-18/h2-3,6-8,11,19H,4-5,9-10,12,18H2,1H3. The molecule has 3 N–H and O–H groups in total. The summed E-state index contributed by atoms with van der Waals surface area (Å²) in [4.78, 5) is 4.57. The molecule has 0 aliphatic heterocycles. The topological polar surface area (TPSA) is 55.9 Å². The Morgan fingerprint density at radius 3 is 2.86 bits per heavy atom.